The Kier molecular flexibility index (Phi) is 4.99. The molecule has 1 aliphatic heterocycles. The lowest BCUT2D eigenvalue weighted by Crippen LogP contribution is -2.33. The normalized spacial score (nSPS) is 15.9. The van der Waals surface area contributed by atoms with Gasteiger partial charge in [0.25, 0.3) is 5.91 Å². The van der Waals surface area contributed by atoms with Crippen LogP contribution in [0.2, 0.25) is 0 Å². The van der Waals surface area contributed by atoms with Gasteiger partial charge in [0.05, 0.1) is 17.8 Å². The summed E-state index contributed by atoms with van der Waals surface area (Å²) < 4.78 is 0. The van der Waals surface area contributed by atoms with Crippen LogP contribution in [0, 0.1) is 0 Å². The summed E-state index contributed by atoms with van der Waals surface area (Å²) in [5, 5.41) is 11.8. The third-order valence-electron chi connectivity index (χ3n) is 2.58. The van der Waals surface area contributed by atoms with Crippen molar-refractivity contribution in [3.63, 3.8) is 0 Å². The number of carbonyl (C=O) groups is 3. The molecular formula is C15H18N2O4. The first kappa shape index (κ1) is 16.6. The molecule has 0 atom stereocenters. The van der Waals surface area contributed by atoms with Crippen LogP contribution in [0.25, 0.3) is 0 Å². The number of Topliss-reactive ketones (excluding diaryl/α,β-unsaturated/α-hetero) is 1. The molecule has 1 heterocycles. The van der Waals surface area contributed by atoms with Crippen LogP contribution in [0.15, 0.2) is 48.7 Å². The van der Waals surface area contributed by atoms with Gasteiger partial charge in [-0.3, -0.25) is 9.59 Å². The maximum absolute atomic E-state index is 12.0. The van der Waals surface area contributed by atoms with Gasteiger partial charge < -0.3 is 10.4 Å². The van der Waals surface area contributed by atoms with Crippen LogP contribution >= 0.6 is 0 Å². The summed E-state index contributed by atoms with van der Waals surface area (Å²) in [5.41, 5.74) is -1.12. The second kappa shape index (κ2) is 6.32. The van der Waals surface area contributed by atoms with Crippen molar-refractivity contribution >= 4 is 17.7 Å². The number of aliphatic hydroxyl groups is 1. The first-order valence-corrected chi connectivity index (χ1v) is 6.25. The Morgan fingerprint density at radius 1 is 1.33 bits per heavy atom. The highest BCUT2D eigenvalue weighted by Gasteiger charge is 2.33. The number of rotatable bonds is 6. The Morgan fingerprint density at radius 3 is 2.43 bits per heavy atom. The van der Waals surface area contributed by atoms with E-state index >= 15 is 0 Å². The largest absolute Gasteiger partial charge is 0.386 e. The van der Waals surface area contributed by atoms with Gasteiger partial charge in [-0.25, -0.2) is 9.69 Å². The quantitative estimate of drug-likeness (QED) is 0.435. The third kappa shape index (κ3) is 4.54. The summed E-state index contributed by atoms with van der Waals surface area (Å²) in [6.45, 7) is 10.1. The predicted octanol–water partition coefficient (Wildman–Crippen LogP) is 1.06. The molecule has 3 amide bonds. The minimum absolute atomic E-state index is 0.0768. The molecule has 0 aromatic carbocycles. The molecule has 0 spiro atoms. The molecule has 0 saturated carbocycles. The molecule has 1 saturated heterocycles. The molecule has 0 aromatic heterocycles. The second-order valence-corrected chi connectivity index (χ2v) is 5.06. The second-order valence-electron chi connectivity index (χ2n) is 5.06. The lowest BCUT2D eigenvalue weighted by atomic mass is 10.1. The molecular weight excluding hydrogens is 272 g/mol. The van der Waals surface area contributed by atoms with Crippen LogP contribution in [0.3, 0.4) is 0 Å². The van der Waals surface area contributed by atoms with Crippen molar-refractivity contribution in [3.05, 3.63) is 48.7 Å². The fourth-order valence-corrected chi connectivity index (χ4v) is 1.52. The summed E-state index contributed by atoms with van der Waals surface area (Å²) in [4.78, 5) is 35.6. The SMILES string of the molecule is C=C(/C=C\C=C/C(C)(C)O)C(=O)C(=C)N1C(=O)CNC1=O. The molecule has 1 aliphatic rings. The molecule has 6 nitrogen and oxygen atoms in total. The van der Waals surface area contributed by atoms with Gasteiger partial charge in [-0.2, -0.15) is 0 Å². The molecule has 1 rings (SSSR count). The first-order chi connectivity index (χ1) is 9.63. The van der Waals surface area contributed by atoms with Gasteiger partial charge in [0.1, 0.15) is 0 Å². The summed E-state index contributed by atoms with van der Waals surface area (Å²) in [7, 11) is 0. The molecule has 6 heteroatoms. The fraction of sp³-hybridized carbons (Fsp3) is 0.267. The van der Waals surface area contributed by atoms with Gasteiger partial charge in [-0.05, 0) is 13.8 Å². The van der Waals surface area contributed by atoms with Crippen molar-refractivity contribution in [2.75, 3.05) is 6.54 Å². The zero-order valence-corrected chi connectivity index (χ0v) is 12.0. The Balaban J connectivity index is 2.71. The lowest BCUT2D eigenvalue weighted by molar-refractivity contribution is -0.126. The van der Waals surface area contributed by atoms with Gasteiger partial charge in [0.15, 0.2) is 0 Å². The van der Waals surface area contributed by atoms with Crippen molar-refractivity contribution in [1.29, 1.82) is 0 Å². The number of ketones is 1. The highest BCUT2D eigenvalue weighted by molar-refractivity contribution is 6.16. The highest BCUT2D eigenvalue weighted by Crippen LogP contribution is 2.13. The molecule has 2 N–H and O–H groups in total. The number of amides is 3. The predicted molar refractivity (Wildman–Crippen MR) is 78.1 cm³/mol. The van der Waals surface area contributed by atoms with E-state index in [1.54, 1.807) is 19.9 Å². The smallest absolute Gasteiger partial charge is 0.329 e. The van der Waals surface area contributed by atoms with Gasteiger partial charge in [-0.15, -0.1) is 0 Å². The standard InChI is InChI=1S/C15H18N2O4/c1-10(7-5-6-8-15(3,4)21)13(19)11(2)17-12(18)9-16-14(17)20/h5-8,21H,1-2,9H2,3-4H3,(H,16,20)/b7-5-,8-6-. The highest BCUT2D eigenvalue weighted by atomic mass is 16.3. The van der Waals surface area contributed by atoms with Gasteiger partial charge >= 0.3 is 6.03 Å². The van der Waals surface area contributed by atoms with Gasteiger partial charge in [-0.1, -0.05) is 37.5 Å². The number of hydrogen-bond acceptors (Lipinski definition) is 4. The summed E-state index contributed by atoms with van der Waals surface area (Å²) in [6.07, 6.45) is 6.04. The van der Waals surface area contributed by atoms with Crippen LogP contribution in [-0.2, 0) is 9.59 Å². The minimum Gasteiger partial charge on any atom is -0.386 e. The number of hydrogen-bond donors (Lipinski definition) is 2. The number of carbonyl (C=O) groups excluding carboxylic acids is 3. The fourth-order valence-electron chi connectivity index (χ4n) is 1.52. The number of allylic oxidation sites excluding steroid dienone is 4. The number of nitrogens with one attached hydrogen (secondary N) is 1. The van der Waals surface area contributed by atoms with Crippen LogP contribution < -0.4 is 5.32 Å². The molecule has 1 fully saturated rings. The Hall–Kier alpha value is -2.47. The zero-order valence-electron chi connectivity index (χ0n) is 12.0. The maximum Gasteiger partial charge on any atom is 0.329 e. The topological polar surface area (TPSA) is 86.7 Å². The van der Waals surface area contributed by atoms with Crippen molar-refractivity contribution in [2.24, 2.45) is 0 Å². The van der Waals surface area contributed by atoms with E-state index in [9.17, 15) is 19.5 Å². The number of imide groups is 1. The van der Waals surface area contributed by atoms with E-state index in [1.165, 1.54) is 18.2 Å². The molecule has 0 radical (unpaired) electrons. The van der Waals surface area contributed by atoms with Crippen LogP contribution in [0.4, 0.5) is 4.79 Å². The van der Waals surface area contributed by atoms with E-state index in [1.807, 2.05) is 0 Å². The third-order valence-corrected chi connectivity index (χ3v) is 2.58. The molecule has 0 bridgehead atoms. The van der Waals surface area contributed by atoms with E-state index in [0.717, 1.165) is 0 Å². The van der Waals surface area contributed by atoms with Crippen LogP contribution in [-0.4, -0.2) is 39.9 Å². The van der Waals surface area contributed by atoms with Gasteiger partial charge in [0, 0.05) is 5.57 Å². The van der Waals surface area contributed by atoms with Crippen molar-refractivity contribution in [1.82, 2.24) is 10.2 Å². The van der Waals surface area contributed by atoms with E-state index in [2.05, 4.69) is 18.5 Å². The van der Waals surface area contributed by atoms with Crippen molar-refractivity contribution < 1.29 is 19.5 Å². The molecule has 0 aromatic rings. The lowest BCUT2D eigenvalue weighted by Gasteiger charge is -2.14. The monoisotopic (exact) mass is 290 g/mol. The minimum atomic E-state index is -0.959. The van der Waals surface area contributed by atoms with Gasteiger partial charge in [0.2, 0.25) is 5.78 Å². The molecule has 21 heavy (non-hydrogen) atoms. The zero-order chi connectivity index (χ0) is 16.2. The van der Waals surface area contributed by atoms with E-state index < -0.39 is 23.3 Å². The Morgan fingerprint density at radius 2 is 1.95 bits per heavy atom. The van der Waals surface area contributed by atoms with E-state index in [0.29, 0.717) is 4.90 Å². The van der Waals surface area contributed by atoms with Crippen LogP contribution in [0.5, 0.6) is 0 Å². The molecule has 0 aliphatic carbocycles. The Bertz CT molecular complexity index is 549. The number of urea groups is 1. The van der Waals surface area contributed by atoms with E-state index in [-0.39, 0.29) is 17.8 Å². The van der Waals surface area contributed by atoms with Crippen LogP contribution in [0.1, 0.15) is 13.8 Å². The molecule has 0 unspecified atom stereocenters. The summed E-state index contributed by atoms with van der Waals surface area (Å²) in [5.74, 6) is -1.13. The summed E-state index contributed by atoms with van der Waals surface area (Å²) >= 11 is 0. The van der Waals surface area contributed by atoms with Crippen molar-refractivity contribution in [2.45, 2.75) is 19.4 Å². The first-order valence-electron chi connectivity index (χ1n) is 6.25. The molecule has 112 valence electrons. The maximum atomic E-state index is 12.0. The van der Waals surface area contributed by atoms with Crippen molar-refractivity contribution in [3.8, 4) is 0 Å². The summed E-state index contributed by atoms with van der Waals surface area (Å²) in [6, 6.07) is -0.669. The Labute approximate surface area is 123 Å². The number of nitrogens with zero attached hydrogens (tertiary/aromatic N) is 1. The van der Waals surface area contributed by atoms with E-state index in [4.69, 9.17) is 0 Å². The average molecular weight is 290 g/mol. The average Bonchev–Trinajstić information content (AvgIpc) is 2.71.